The largest absolute Gasteiger partial charge is 0.329 e. The van der Waals surface area contributed by atoms with Gasteiger partial charge in [-0.25, -0.2) is 23.1 Å². The van der Waals surface area contributed by atoms with Gasteiger partial charge in [-0.15, -0.1) is 0 Å². The molecule has 4 aromatic rings. The number of benzene rings is 3. The van der Waals surface area contributed by atoms with Gasteiger partial charge in [0.2, 0.25) is 0 Å². The number of likely N-dealkylation sites (tertiary alicyclic amines) is 1. The molecular weight excluding hydrogens is 482 g/mol. The fourth-order valence-electron chi connectivity index (χ4n) is 6.37. The van der Waals surface area contributed by atoms with Gasteiger partial charge in [-0.1, -0.05) is 42.8 Å². The third kappa shape index (κ3) is 4.60. The van der Waals surface area contributed by atoms with Crippen LogP contribution in [0.5, 0.6) is 0 Å². The number of fused-ring (bicyclic) bond motifs is 3. The molecule has 196 valence electrons. The van der Waals surface area contributed by atoms with E-state index >= 15 is 0 Å². The minimum absolute atomic E-state index is 0.0108. The molecule has 1 amide bonds. The number of likely N-dealkylation sites (N-methyl/N-ethyl adjacent to an activating group) is 1. The predicted molar refractivity (Wildman–Crippen MR) is 144 cm³/mol. The molecule has 0 N–H and O–H groups in total. The average molecular weight is 515 g/mol. The number of imidazole rings is 1. The predicted octanol–water partition coefficient (Wildman–Crippen LogP) is 6.39. The van der Waals surface area contributed by atoms with Crippen LogP contribution < -0.4 is 0 Å². The standard InChI is InChI=1S/C31H32F2N4O/c1-35-20-23(30-34-26-6-2-3-7-27(26)37(30)31(35)38)17-19-36-18-5-4-8-28(36)29(21-9-13-24(32)14-10-21)22-11-15-25(33)16-12-22/h2-3,6-7,9-16,23,28-29H,4-5,8,17-20H2,1H3. The second-order valence-electron chi connectivity index (χ2n) is 10.6. The number of piperidine rings is 1. The van der Waals surface area contributed by atoms with Crippen molar-refractivity contribution in [3.8, 4) is 0 Å². The van der Waals surface area contributed by atoms with Gasteiger partial charge in [0.1, 0.15) is 17.5 Å². The molecular formula is C31H32F2N4O. The van der Waals surface area contributed by atoms with Crippen LogP contribution in [0.2, 0.25) is 0 Å². The Hall–Kier alpha value is -3.58. The number of hydrogen-bond donors (Lipinski definition) is 0. The van der Waals surface area contributed by atoms with Crippen molar-refractivity contribution in [3.63, 3.8) is 0 Å². The van der Waals surface area contributed by atoms with Crippen LogP contribution in [0.3, 0.4) is 0 Å². The third-order valence-electron chi connectivity index (χ3n) is 8.24. The topological polar surface area (TPSA) is 41.4 Å². The summed E-state index contributed by atoms with van der Waals surface area (Å²) in [5.41, 5.74) is 3.78. The minimum atomic E-state index is -0.258. The molecule has 1 fully saturated rings. The summed E-state index contributed by atoms with van der Waals surface area (Å²) in [7, 11) is 1.86. The second kappa shape index (κ2) is 10.3. The minimum Gasteiger partial charge on any atom is -0.326 e. The van der Waals surface area contributed by atoms with Crippen LogP contribution in [0.1, 0.15) is 54.5 Å². The van der Waals surface area contributed by atoms with Crippen molar-refractivity contribution in [1.82, 2.24) is 19.4 Å². The molecule has 2 atom stereocenters. The van der Waals surface area contributed by atoms with E-state index in [2.05, 4.69) is 4.90 Å². The maximum absolute atomic E-state index is 13.8. The average Bonchev–Trinajstić information content (AvgIpc) is 3.33. The summed E-state index contributed by atoms with van der Waals surface area (Å²) in [4.78, 5) is 22.2. The second-order valence-corrected chi connectivity index (χ2v) is 10.6. The maximum Gasteiger partial charge on any atom is 0.329 e. The molecule has 6 rings (SSSR count). The lowest BCUT2D eigenvalue weighted by molar-refractivity contribution is 0.125. The molecule has 1 saturated heterocycles. The van der Waals surface area contributed by atoms with E-state index in [1.165, 1.54) is 24.3 Å². The van der Waals surface area contributed by atoms with Crippen LogP contribution >= 0.6 is 0 Å². The fraction of sp³-hybridized carbons (Fsp3) is 0.355. The first-order chi connectivity index (χ1) is 18.5. The van der Waals surface area contributed by atoms with Crippen molar-refractivity contribution in [2.75, 3.05) is 26.7 Å². The van der Waals surface area contributed by atoms with E-state index in [4.69, 9.17) is 4.98 Å². The molecule has 7 heteroatoms. The van der Waals surface area contributed by atoms with Gasteiger partial charge in [0.05, 0.1) is 11.0 Å². The number of carbonyl (C=O) groups is 1. The van der Waals surface area contributed by atoms with Crippen molar-refractivity contribution in [2.45, 2.75) is 43.6 Å². The van der Waals surface area contributed by atoms with E-state index in [1.54, 1.807) is 9.47 Å². The lowest BCUT2D eigenvalue weighted by atomic mass is 9.80. The summed E-state index contributed by atoms with van der Waals surface area (Å²) in [5, 5.41) is 0. The molecule has 5 nitrogen and oxygen atoms in total. The van der Waals surface area contributed by atoms with Crippen LogP contribution in [0.4, 0.5) is 13.6 Å². The summed E-state index contributed by atoms with van der Waals surface area (Å²) in [5.74, 6) is 0.466. The number of nitrogens with zero attached hydrogens (tertiary/aromatic N) is 4. The first-order valence-electron chi connectivity index (χ1n) is 13.5. The molecule has 0 spiro atoms. The number of aromatic nitrogens is 2. The quantitative estimate of drug-likeness (QED) is 0.300. The molecule has 2 aliphatic heterocycles. The van der Waals surface area contributed by atoms with Gasteiger partial charge in [0.25, 0.3) is 0 Å². The molecule has 0 saturated carbocycles. The van der Waals surface area contributed by atoms with Crippen molar-refractivity contribution in [1.29, 1.82) is 0 Å². The number of amides is 1. The van der Waals surface area contributed by atoms with Gasteiger partial charge in [0.15, 0.2) is 0 Å². The molecule has 0 bridgehead atoms. The Labute approximate surface area is 221 Å². The Morgan fingerprint density at radius 1 is 0.921 bits per heavy atom. The lowest BCUT2D eigenvalue weighted by Crippen LogP contribution is -2.46. The first kappa shape index (κ1) is 24.7. The number of rotatable bonds is 6. The van der Waals surface area contributed by atoms with Gasteiger partial charge >= 0.3 is 6.03 Å². The number of halogens is 2. The summed E-state index contributed by atoms with van der Waals surface area (Å²) < 4.78 is 29.4. The van der Waals surface area contributed by atoms with Crippen molar-refractivity contribution >= 4 is 17.1 Å². The van der Waals surface area contributed by atoms with Crippen molar-refractivity contribution < 1.29 is 13.6 Å². The van der Waals surface area contributed by atoms with Crippen LogP contribution in [-0.2, 0) is 0 Å². The summed E-state index contributed by atoms with van der Waals surface area (Å²) in [6.45, 7) is 2.47. The highest BCUT2D eigenvalue weighted by Crippen LogP contribution is 2.37. The van der Waals surface area contributed by atoms with Gasteiger partial charge < -0.3 is 4.90 Å². The number of para-hydroxylation sites is 2. The highest BCUT2D eigenvalue weighted by atomic mass is 19.1. The van der Waals surface area contributed by atoms with Crippen LogP contribution in [0, 0.1) is 11.6 Å². The fourth-order valence-corrected chi connectivity index (χ4v) is 6.37. The summed E-state index contributed by atoms with van der Waals surface area (Å²) in [6.07, 6.45) is 4.13. The molecule has 2 aliphatic rings. The Morgan fingerprint density at radius 3 is 2.26 bits per heavy atom. The SMILES string of the molecule is CN1CC(CCN2CCCCC2C(c2ccc(F)cc2)c2ccc(F)cc2)c2nc3ccccc3n2C1=O. The van der Waals surface area contributed by atoms with Crippen LogP contribution in [0.25, 0.3) is 11.0 Å². The monoisotopic (exact) mass is 514 g/mol. The van der Waals surface area contributed by atoms with E-state index in [0.717, 1.165) is 66.8 Å². The Morgan fingerprint density at radius 2 is 1.58 bits per heavy atom. The van der Waals surface area contributed by atoms with E-state index in [0.29, 0.717) is 6.54 Å². The number of carbonyl (C=O) groups excluding carboxylic acids is 1. The van der Waals surface area contributed by atoms with E-state index < -0.39 is 0 Å². The third-order valence-corrected chi connectivity index (χ3v) is 8.24. The van der Waals surface area contributed by atoms with E-state index in [9.17, 15) is 13.6 Å². The van der Waals surface area contributed by atoms with Gasteiger partial charge in [-0.05, 0) is 79.9 Å². The Kier molecular flexibility index (Phi) is 6.70. The van der Waals surface area contributed by atoms with E-state index in [-0.39, 0.29) is 35.5 Å². The summed E-state index contributed by atoms with van der Waals surface area (Å²) in [6, 6.07) is 21.5. The molecule has 0 radical (unpaired) electrons. The normalized spacial score (nSPS) is 20.3. The Bertz CT molecular complexity index is 1390. The smallest absolute Gasteiger partial charge is 0.326 e. The highest BCUT2D eigenvalue weighted by molar-refractivity contribution is 5.91. The highest BCUT2D eigenvalue weighted by Gasteiger charge is 2.35. The van der Waals surface area contributed by atoms with Crippen molar-refractivity contribution in [2.24, 2.45) is 0 Å². The molecule has 1 aromatic heterocycles. The summed E-state index contributed by atoms with van der Waals surface area (Å²) >= 11 is 0. The van der Waals surface area contributed by atoms with Gasteiger partial charge in [-0.3, -0.25) is 4.90 Å². The lowest BCUT2D eigenvalue weighted by Gasteiger charge is -2.42. The van der Waals surface area contributed by atoms with Crippen LogP contribution in [0.15, 0.2) is 72.8 Å². The Balaban J connectivity index is 1.30. The molecule has 38 heavy (non-hydrogen) atoms. The zero-order chi connectivity index (χ0) is 26.2. The van der Waals surface area contributed by atoms with E-state index in [1.807, 2.05) is 55.6 Å². The zero-order valence-corrected chi connectivity index (χ0v) is 21.6. The molecule has 3 heterocycles. The zero-order valence-electron chi connectivity index (χ0n) is 21.6. The maximum atomic E-state index is 13.8. The molecule has 3 aromatic carbocycles. The van der Waals surface area contributed by atoms with Gasteiger partial charge in [0, 0.05) is 31.5 Å². The first-order valence-corrected chi connectivity index (χ1v) is 13.5. The van der Waals surface area contributed by atoms with Crippen LogP contribution in [-0.4, -0.2) is 58.1 Å². The molecule has 0 aliphatic carbocycles. The molecule has 2 unspecified atom stereocenters. The number of hydrogen-bond acceptors (Lipinski definition) is 3. The van der Waals surface area contributed by atoms with Gasteiger partial charge in [-0.2, -0.15) is 0 Å². The van der Waals surface area contributed by atoms with Crippen molar-refractivity contribution in [3.05, 3.63) is 101 Å².